The van der Waals surface area contributed by atoms with E-state index in [4.69, 9.17) is 11.6 Å². The fourth-order valence-corrected chi connectivity index (χ4v) is 3.30. The Morgan fingerprint density at radius 1 is 1.27 bits per heavy atom. The van der Waals surface area contributed by atoms with Crippen molar-refractivity contribution in [2.45, 2.75) is 4.90 Å². The highest BCUT2D eigenvalue weighted by atomic mass is 79.9. The molecule has 3 aromatic rings. The minimum absolute atomic E-state index is 0.0737. The van der Waals surface area contributed by atoms with Crippen LogP contribution in [0.1, 0.15) is 0 Å². The van der Waals surface area contributed by atoms with Crippen molar-refractivity contribution in [3.05, 3.63) is 51.7 Å². The molecule has 114 valence electrons. The predicted molar refractivity (Wildman–Crippen MR) is 89.3 cm³/mol. The van der Waals surface area contributed by atoms with Crippen molar-refractivity contribution in [1.29, 1.82) is 0 Å². The molecule has 0 aliphatic carbocycles. The van der Waals surface area contributed by atoms with Crippen LogP contribution in [0.25, 0.3) is 11.0 Å². The third-order valence-corrected chi connectivity index (χ3v) is 4.72. The zero-order valence-electron chi connectivity index (χ0n) is 11.2. The maximum atomic E-state index is 13.8. The Kier molecular flexibility index (Phi) is 4.29. The maximum absolute atomic E-state index is 13.8. The van der Waals surface area contributed by atoms with Gasteiger partial charge in [-0.3, -0.25) is 0 Å². The minimum Gasteiger partial charge on any atom is -0.334 e. The lowest BCUT2D eigenvalue weighted by Gasteiger charge is -2.07. The second-order valence-corrected chi connectivity index (χ2v) is 6.65. The molecule has 22 heavy (non-hydrogen) atoms. The van der Waals surface area contributed by atoms with Gasteiger partial charge in [0, 0.05) is 24.7 Å². The first kappa shape index (κ1) is 15.6. The van der Waals surface area contributed by atoms with Gasteiger partial charge < -0.3 is 9.29 Å². The van der Waals surface area contributed by atoms with Crippen LogP contribution >= 0.6 is 39.5 Å². The summed E-state index contributed by atoms with van der Waals surface area (Å²) in [5, 5.41) is 1.28. The molecule has 0 aliphatic rings. The Bertz CT molecular complexity index is 869. The van der Waals surface area contributed by atoms with E-state index in [-0.39, 0.29) is 10.2 Å². The van der Waals surface area contributed by atoms with Gasteiger partial charge in [0.2, 0.25) is 0 Å². The molecule has 0 saturated carbocycles. The molecule has 8 heteroatoms. The van der Waals surface area contributed by atoms with Gasteiger partial charge >= 0.3 is 0 Å². The number of rotatable bonds is 3. The van der Waals surface area contributed by atoms with Gasteiger partial charge in [-0.05, 0) is 46.1 Å². The number of aromatic nitrogens is 2. The fraction of sp³-hybridized carbons (Fsp3) is 0.0714. The summed E-state index contributed by atoms with van der Waals surface area (Å²) in [5.41, 5.74) is 0.795. The van der Waals surface area contributed by atoms with E-state index in [2.05, 4.69) is 25.6 Å². The second-order valence-electron chi connectivity index (χ2n) is 4.56. The fourth-order valence-electron chi connectivity index (χ4n) is 1.99. The number of benzene rings is 1. The first-order valence-corrected chi connectivity index (χ1v) is 8.13. The van der Waals surface area contributed by atoms with E-state index in [1.807, 2.05) is 23.9 Å². The van der Waals surface area contributed by atoms with E-state index in [0.717, 1.165) is 28.1 Å². The molecular formula is C14H9BrClF2N3S. The normalized spacial score (nSPS) is 11.1. The molecule has 3 rings (SSSR count). The van der Waals surface area contributed by atoms with Crippen LogP contribution in [0.15, 0.2) is 39.8 Å². The molecule has 1 aromatic carbocycles. The van der Waals surface area contributed by atoms with Crippen molar-refractivity contribution in [3.8, 4) is 0 Å². The summed E-state index contributed by atoms with van der Waals surface area (Å²) >= 11 is 10.0. The van der Waals surface area contributed by atoms with Gasteiger partial charge in [0.05, 0.1) is 15.1 Å². The van der Waals surface area contributed by atoms with Crippen molar-refractivity contribution in [2.75, 3.05) is 4.72 Å². The number of hydrogen-bond acceptors (Lipinski definition) is 3. The largest absolute Gasteiger partial charge is 0.334 e. The Balaban J connectivity index is 1.90. The minimum atomic E-state index is -0.540. The first-order chi connectivity index (χ1) is 10.5. The molecule has 0 amide bonds. The second kappa shape index (κ2) is 6.06. The van der Waals surface area contributed by atoms with Crippen molar-refractivity contribution in [2.24, 2.45) is 7.05 Å². The zero-order chi connectivity index (χ0) is 15.9. The number of fused-ring (bicyclic) bond motifs is 1. The van der Waals surface area contributed by atoms with Crippen LogP contribution in [-0.4, -0.2) is 9.55 Å². The molecular weight excluding hydrogens is 396 g/mol. The van der Waals surface area contributed by atoms with E-state index in [9.17, 15) is 8.78 Å². The first-order valence-electron chi connectivity index (χ1n) is 6.14. The zero-order valence-corrected chi connectivity index (χ0v) is 14.4. The Hall–Kier alpha value is -1.31. The maximum Gasteiger partial charge on any atom is 0.148 e. The number of nitrogens with zero attached hydrogens (tertiary/aromatic N) is 2. The summed E-state index contributed by atoms with van der Waals surface area (Å²) in [4.78, 5) is 5.08. The standard InChI is InChI=1S/C14H9BrClF2N3S/c1-21-6-12(7-2-3-13(16)19-14(7)21)22-20-11-5-9(17)8(15)4-10(11)18/h2-6,20H,1H3. The van der Waals surface area contributed by atoms with E-state index in [1.165, 1.54) is 11.9 Å². The number of pyridine rings is 1. The number of nitrogens with one attached hydrogen (secondary N) is 1. The van der Waals surface area contributed by atoms with Crippen molar-refractivity contribution < 1.29 is 8.78 Å². The van der Waals surface area contributed by atoms with Crippen molar-refractivity contribution in [1.82, 2.24) is 9.55 Å². The summed E-state index contributed by atoms with van der Waals surface area (Å²) in [5.74, 6) is -1.07. The molecule has 0 unspecified atom stereocenters. The topological polar surface area (TPSA) is 29.9 Å². The highest BCUT2D eigenvalue weighted by molar-refractivity contribution is 9.10. The van der Waals surface area contributed by atoms with Gasteiger partial charge in [-0.15, -0.1) is 0 Å². The highest BCUT2D eigenvalue weighted by Crippen LogP contribution is 2.32. The third kappa shape index (κ3) is 2.93. The van der Waals surface area contributed by atoms with Crippen LogP contribution in [0.4, 0.5) is 14.5 Å². The summed E-state index contributed by atoms with van der Waals surface area (Å²) in [6.07, 6.45) is 1.85. The summed E-state index contributed by atoms with van der Waals surface area (Å²) in [6.45, 7) is 0. The molecule has 2 aromatic heterocycles. The van der Waals surface area contributed by atoms with Crippen LogP contribution in [0, 0.1) is 11.6 Å². The highest BCUT2D eigenvalue weighted by Gasteiger charge is 2.12. The molecule has 0 fully saturated rings. The van der Waals surface area contributed by atoms with E-state index in [0.29, 0.717) is 5.15 Å². The SMILES string of the molecule is Cn1cc(SNc2cc(F)c(Br)cc2F)c2ccc(Cl)nc21. The molecule has 0 spiro atoms. The van der Waals surface area contributed by atoms with Gasteiger partial charge in [-0.2, -0.15) is 0 Å². The third-order valence-electron chi connectivity index (χ3n) is 3.03. The van der Waals surface area contributed by atoms with E-state index >= 15 is 0 Å². The van der Waals surface area contributed by atoms with Gasteiger partial charge in [-0.25, -0.2) is 13.8 Å². The Morgan fingerprint density at radius 3 is 2.82 bits per heavy atom. The lowest BCUT2D eigenvalue weighted by atomic mass is 10.3. The van der Waals surface area contributed by atoms with E-state index in [1.54, 1.807) is 6.07 Å². The average Bonchev–Trinajstić information content (AvgIpc) is 2.77. The summed E-state index contributed by atoms with van der Waals surface area (Å²) in [6, 6.07) is 5.72. The molecule has 0 radical (unpaired) electrons. The van der Waals surface area contributed by atoms with Crippen LogP contribution < -0.4 is 4.72 Å². The quantitative estimate of drug-likeness (QED) is 0.361. The number of anilines is 1. The Labute approximate surface area is 142 Å². The van der Waals surface area contributed by atoms with Gasteiger partial charge in [-0.1, -0.05) is 11.6 Å². The van der Waals surface area contributed by atoms with Gasteiger partial charge in [0.25, 0.3) is 0 Å². The predicted octanol–water partition coefficient (Wildman–Crippen LogP) is 5.39. The number of halogens is 4. The van der Waals surface area contributed by atoms with E-state index < -0.39 is 11.6 Å². The molecule has 0 atom stereocenters. The Morgan fingerprint density at radius 2 is 2.05 bits per heavy atom. The molecule has 0 aliphatic heterocycles. The lowest BCUT2D eigenvalue weighted by Crippen LogP contribution is -1.93. The summed E-state index contributed by atoms with van der Waals surface area (Å²) in [7, 11) is 1.84. The van der Waals surface area contributed by atoms with Gasteiger partial charge in [0.1, 0.15) is 22.4 Å². The van der Waals surface area contributed by atoms with Crippen LogP contribution in [0.3, 0.4) is 0 Å². The monoisotopic (exact) mass is 403 g/mol. The van der Waals surface area contributed by atoms with Crippen LogP contribution in [0.2, 0.25) is 5.15 Å². The average molecular weight is 405 g/mol. The van der Waals surface area contributed by atoms with Crippen LogP contribution in [0.5, 0.6) is 0 Å². The summed E-state index contributed by atoms with van der Waals surface area (Å²) < 4.78 is 32.0. The lowest BCUT2D eigenvalue weighted by molar-refractivity contribution is 0.598. The van der Waals surface area contributed by atoms with Gasteiger partial charge in [0.15, 0.2) is 0 Å². The molecule has 2 heterocycles. The smallest absolute Gasteiger partial charge is 0.148 e. The molecule has 0 saturated heterocycles. The molecule has 3 nitrogen and oxygen atoms in total. The van der Waals surface area contributed by atoms with Crippen LogP contribution in [-0.2, 0) is 7.05 Å². The molecule has 0 bridgehead atoms. The van der Waals surface area contributed by atoms with Crippen molar-refractivity contribution in [3.63, 3.8) is 0 Å². The number of aryl methyl sites for hydroxylation is 1. The van der Waals surface area contributed by atoms with Crippen molar-refractivity contribution >= 4 is 56.2 Å². The number of hydrogen-bond donors (Lipinski definition) is 1. The molecule has 1 N–H and O–H groups in total.